The Labute approximate surface area is 179 Å². The number of aliphatic imine (C=N–C) groups is 1. The number of amides is 1. The molecule has 1 aliphatic carbocycles. The molecule has 3 rings (SSSR count). The molecule has 1 heterocycles. The molecule has 0 aromatic heterocycles. The van der Waals surface area contributed by atoms with Crippen molar-refractivity contribution in [2.75, 3.05) is 27.2 Å². The van der Waals surface area contributed by atoms with Gasteiger partial charge in [-0.2, -0.15) is 0 Å². The second kappa shape index (κ2) is 9.02. The molecule has 1 unspecified atom stereocenters. The molecule has 1 saturated heterocycles. The third kappa shape index (κ3) is 3.75. The Balaban J connectivity index is 2.06. The molecule has 0 radical (unpaired) electrons. The van der Waals surface area contributed by atoms with Crippen LogP contribution in [0, 0.1) is 5.92 Å². The number of aliphatic hydroxyl groups excluding tert-OH is 1. The van der Waals surface area contributed by atoms with Crippen LogP contribution < -0.4 is 0 Å². The van der Waals surface area contributed by atoms with Gasteiger partial charge in [0.1, 0.15) is 5.84 Å². The maximum absolute atomic E-state index is 12.8. The van der Waals surface area contributed by atoms with Crippen molar-refractivity contribution >= 4 is 18.0 Å². The summed E-state index contributed by atoms with van der Waals surface area (Å²) in [6.07, 6.45) is 5.75. The van der Waals surface area contributed by atoms with Crippen LogP contribution in [-0.2, 0) is 21.4 Å². The molecule has 6 nitrogen and oxygen atoms in total. The monoisotopic (exact) mass is 411 g/mol. The minimum atomic E-state index is -0.534. The Hall–Kier alpha value is -2.63. The largest absolute Gasteiger partial charge is 0.503 e. The second-order valence-corrected chi connectivity index (χ2v) is 8.45. The van der Waals surface area contributed by atoms with E-state index in [4.69, 9.17) is 0 Å². The van der Waals surface area contributed by atoms with Gasteiger partial charge in [-0.3, -0.25) is 14.6 Å². The minimum absolute atomic E-state index is 0.0293. The number of carbonyl (C=O) groups excluding carboxylic acids is 2. The highest BCUT2D eigenvalue weighted by molar-refractivity contribution is 6.03. The molecule has 1 saturated carbocycles. The molecule has 2 aliphatic rings. The fraction of sp³-hybridized carbons (Fsp3) is 0.542. The fourth-order valence-electron chi connectivity index (χ4n) is 5.17. The topological polar surface area (TPSA) is 73.2 Å². The summed E-state index contributed by atoms with van der Waals surface area (Å²) in [6, 6.07) is 8.81. The van der Waals surface area contributed by atoms with E-state index in [2.05, 4.69) is 43.1 Å². The molecule has 1 amide bonds. The average Bonchev–Trinajstić information content (AvgIpc) is 3.27. The van der Waals surface area contributed by atoms with Gasteiger partial charge in [0.15, 0.2) is 17.7 Å². The van der Waals surface area contributed by atoms with Crippen LogP contribution in [0.4, 0.5) is 0 Å². The summed E-state index contributed by atoms with van der Waals surface area (Å²) in [5.74, 6) is -0.104. The van der Waals surface area contributed by atoms with Crippen LogP contribution in [0.15, 0.2) is 40.7 Å². The van der Waals surface area contributed by atoms with Crippen molar-refractivity contribution in [3.8, 4) is 0 Å². The van der Waals surface area contributed by atoms with Gasteiger partial charge < -0.3 is 14.9 Å². The first-order valence-electron chi connectivity index (χ1n) is 10.9. The zero-order chi connectivity index (χ0) is 21.9. The van der Waals surface area contributed by atoms with E-state index in [1.807, 2.05) is 0 Å². The quantitative estimate of drug-likeness (QED) is 0.265. The normalized spacial score (nSPS) is 22.3. The van der Waals surface area contributed by atoms with Crippen LogP contribution >= 0.6 is 0 Å². The zero-order valence-corrected chi connectivity index (χ0v) is 18.5. The first-order chi connectivity index (χ1) is 14.4. The van der Waals surface area contributed by atoms with E-state index < -0.39 is 5.76 Å². The van der Waals surface area contributed by atoms with Gasteiger partial charge in [0, 0.05) is 38.5 Å². The molecule has 1 atom stereocenters. The van der Waals surface area contributed by atoms with E-state index in [-0.39, 0.29) is 22.9 Å². The summed E-state index contributed by atoms with van der Waals surface area (Å²) in [7, 11) is 3.41. The lowest BCUT2D eigenvalue weighted by molar-refractivity contribution is -0.129. The smallest absolute Gasteiger partial charge is 0.274 e. The van der Waals surface area contributed by atoms with E-state index >= 15 is 0 Å². The molecule has 1 N–H and O–H groups in total. The number of aryl methyl sites for hydroxylation is 1. The third-order valence-electron chi connectivity index (χ3n) is 6.96. The average molecular weight is 412 g/mol. The summed E-state index contributed by atoms with van der Waals surface area (Å²) in [5, 5.41) is 10.2. The lowest BCUT2D eigenvalue weighted by Crippen LogP contribution is -2.53. The molecule has 0 bridgehead atoms. The van der Waals surface area contributed by atoms with Crippen LogP contribution in [0.2, 0.25) is 0 Å². The minimum Gasteiger partial charge on any atom is -0.503 e. The van der Waals surface area contributed by atoms with Crippen LogP contribution in [0.1, 0.15) is 50.7 Å². The van der Waals surface area contributed by atoms with E-state index in [0.717, 1.165) is 37.9 Å². The number of piperazine rings is 1. The molecule has 1 aromatic rings. The van der Waals surface area contributed by atoms with E-state index in [1.54, 1.807) is 19.0 Å². The van der Waals surface area contributed by atoms with Crippen molar-refractivity contribution in [3.63, 3.8) is 0 Å². The van der Waals surface area contributed by atoms with Crippen LogP contribution in [0.3, 0.4) is 0 Å². The Morgan fingerprint density at radius 1 is 1.30 bits per heavy atom. The third-order valence-corrected chi connectivity index (χ3v) is 6.96. The van der Waals surface area contributed by atoms with Crippen LogP contribution in [-0.4, -0.2) is 60.1 Å². The summed E-state index contributed by atoms with van der Waals surface area (Å²) in [4.78, 5) is 32.0. The molecule has 1 aromatic carbocycles. The number of allylic oxidation sites excluding steroid dienone is 1. The van der Waals surface area contributed by atoms with Crippen LogP contribution in [0.5, 0.6) is 0 Å². The molecule has 6 heteroatoms. The number of hydrogen-bond acceptors (Lipinski definition) is 4. The standard InChI is InChI=1S/C24H33N3O3/c1-5-18-9-8-10-19(15-18)24(11-6-7-12-24)17(2)22(25-3)27-14-13-26(4)23(30)21(27)20(29)16-28/h8-10,15-17,29H,5-7,11-14H2,1-4H3/b21-20+,25-22-. The van der Waals surface area contributed by atoms with E-state index in [9.17, 15) is 14.7 Å². The van der Waals surface area contributed by atoms with Gasteiger partial charge in [-0.15, -0.1) is 0 Å². The fourth-order valence-corrected chi connectivity index (χ4v) is 5.17. The number of aliphatic hydroxyl groups is 1. The van der Waals surface area contributed by atoms with Crippen molar-refractivity contribution in [1.29, 1.82) is 0 Å². The summed E-state index contributed by atoms with van der Waals surface area (Å²) in [5.41, 5.74) is 2.59. The Morgan fingerprint density at radius 2 is 2.00 bits per heavy atom. The predicted octanol–water partition coefficient (Wildman–Crippen LogP) is 3.47. The second-order valence-electron chi connectivity index (χ2n) is 8.45. The molecular formula is C24H33N3O3. The lowest BCUT2D eigenvalue weighted by atomic mass is 9.68. The zero-order valence-electron chi connectivity index (χ0n) is 18.5. The molecule has 2 fully saturated rings. The van der Waals surface area contributed by atoms with Gasteiger partial charge >= 0.3 is 0 Å². The highest BCUT2D eigenvalue weighted by Crippen LogP contribution is 2.48. The van der Waals surface area contributed by atoms with Crippen molar-refractivity contribution in [2.24, 2.45) is 10.9 Å². The number of aldehydes is 1. The SMILES string of the molecule is CCc1cccc(C2(C(C)/C(=N/C)N3CCN(C)C(=O)/C3=C(\O)C=O)CCCC2)c1. The van der Waals surface area contributed by atoms with E-state index in [1.165, 1.54) is 16.0 Å². The number of amidine groups is 1. The Bertz CT molecular complexity index is 868. The molecular weight excluding hydrogens is 378 g/mol. The van der Waals surface area contributed by atoms with Gasteiger partial charge in [0.2, 0.25) is 0 Å². The summed E-state index contributed by atoms with van der Waals surface area (Å²) < 4.78 is 0. The summed E-state index contributed by atoms with van der Waals surface area (Å²) >= 11 is 0. The van der Waals surface area contributed by atoms with Crippen molar-refractivity contribution < 1.29 is 14.7 Å². The first-order valence-corrected chi connectivity index (χ1v) is 10.9. The Kier molecular flexibility index (Phi) is 6.64. The predicted molar refractivity (Wildman–Crippen MR) is 119 cm³/mol. The maximum Gasteiger partial charge on any atom is 0.274 e. The van der Waals surface area contributed by atoms with Gasteiger partial charge in [0.05, 0.1) is 0 Å². The highest BCUT2D eigenvalue weighted by atomic mass is 16.3. The number of rotatable bonds is 5. The van der Waals surface area contributed by atoms with Gasteiger partial charge in [-0.1, -0.05) is 51.0 Å². The number of benzene rings is 1. The van der Waals surface area contributed by atoms with Crippen molar-refractivity contribution in [1.82, 2.24) is 9.80 Å². The van der Waals surface area contributed by atoms with Gasteiger partial charge in [-0.05, 0) is 30.4 Å². The van der Waals surface area contributed by atoms with Gasteiger partial charge in [-0.25, -0.2) is 0 Å². The first kappa shape index (κ1) is 22.1. The Morgan fingerprint density at radius 3 is 2.60 bits per heavy atom. The van der Waals surface area contributed by atoms with Crippen LogP contribution in [0.25, 0.3) is 0 Å². The summed E-state index contributed by atoms with van der Waals surface area (Å²) in [6.45, 7) is 5.35. The van der Waals surface area contributed by atoms with Crippen molar-refractivity contribution in [2.45, 2.75) is 51.4 Å². The molecule has 162 valence electrons. The number of hydrogen-bond donors (Lipinski definition) is 1. The lowest BCUT2D eigenvalue weighted by Gasteiger charge is -2.43. The molecule has 30 heavy (non-hydrogen) atoms. The van der Waals surface area contributed by atoms with E-state index in [0.29, 0.717) is 19.4 Å². The number of likely N-dealkylation sites (N-methyl/N-ethyl adjacent to an activating group) is 1. The number of nitrogens with zero attached hydrogens (tertiary/aromatic N) is 3. The van der Waals surface area contributed by atoms with Gasteiger partial charge in [0.25, 0.3) is 5.91 Å². The number of carbonyl (C=O) groups is 2. The molecule has 1 aliphatic heterocycles. The highest BCUT2D eigenvalue weighted by Gasteiger charge is 2.45. The molecule has 0 spiro atoms. The van der Waals surface area contributed by atoms with Crippen molar-refractivity contribution in [3.05, 3.63) is 46.8 Å². The maximum atomic E-state index is 12.8.